The molecule has 0 bridgehead atoms. The molecule has 0 aliphatic rings. The molecule has 0 unspecified atom stereocenters. The molecule has 2 nitrogen and oxygen atoms in total. The Labute approximate surface area is 102 Å². The third-order valence-corrected chi connectivity index (χ3v) is 2.41. The molecule has 1 aromatic rings. The van der Waals surface area contributed by atoms with E-state index in [2.05, 4.69) is 0 Å². The summed E-state index contributed by atoms with van der Waals surface area (Å²) in [4.78, 5) is 11.8. The van der Waals surface area contributed by atoms with Crippen molar-refractivity contribution < 1.29 is 18.0 Å². The maximum atomic E-state index is 12.3. The van der Waals surface area contributed by atoms with Gasteiger partial charge in [-0.05, 0) is 24.6 Å². The predicted octanol–water partition coefficient (Wildman–Crippen LogP) is 3.25. The minimum Gasteiger partial charge on any atom is -0.331 e. The maximum absolute atomic E-state index is 12.3. The number of alkyl halides is 3. The lowest BCUT2D eigenvalue weighted by atomic mass is 10.2. The van der Waals surface area contributed by atoms with Gasteiger partial charge in [0.25, 0.3) is 0 Å². The maximum Gasteiger partial charge on any atom is 0.471 e. The Morgan fingerprint density at radius 1 is 1.41 bits per heavy atom. The molecule has 94 valence electrons. The van der Waals surface area contributed by atoms with Crippen LogP contribution in [0.5, 0.6) is 0 Å². The first kappa shape index (κ1) is 13.8. The standard InChI is InChI=1S/C11H11ClF3NO/c1-2-16(10(17)11(13,14)15)7-8-4-3-5-9(12)6-8/h3-6H,2,7H2,1H3. The van der Waals surface area contributed by atoms with Gasteiger partial charge in [-0.2, -0.15) is 13.2 Å². The average Bonchev–Trinajstić information content (AvgIpc) is 2.24. The molecule has 1 amide bonds. The van der Waals surface area contributed by atoms with E-state index in [0.29, 0.717) is 10.6 Å². The molecule has 1 rings (SSSR count). The molecule has 0 saturated heterocycles. The molecular formula is C11H11ClF3NO. The van der Waals surface area contributed by atoms with E-state index in [4.69, 9.17) is 11.6 Å². The van der Waals surface area contributed by atoms with Crippen LogP contribution in [0.1, 0.15) is 12.5 Å². The third kappa shape index (κ3) is 3.93. The summed E-state index contributed by atoms with van der Waals surface area (Å²) < 4.78 is 36.8. The first-order valence-corrected chi connectivity index (χ1v) is 5.33. The van der Waals surface area contributed by atoms with E-state index in [1.807, 2.05) is 0 Å². The summed E-state index contributed by atoms with van der Waals surface area (Å²) in [6.07, 6.45) is -4.84. The summed E-state index contributed by atoms with van der Waals surface area (Å²) in [6.45, 7) is 1.38. The molecule has 1 aromatic carbocycles. The number of amides is 1. The fourth-order valence-electron chi connectivity index (χ4n) is 1.36. The molecule has 0 aliphatic heterocycles. The van der Waals surface area contributed by atoms with Crippen molar-refractivity contribution in [2.24, 2.45) is 0 Å². The van der Waals surface area contributed by atoms with Crippen LogP contribution in [-0.4, -0.2) is 23.5 Å². The average molecular weight is 266 g/mol. The minimum absolute atomic E-state index is 0.00907. The van der Waals surface area contributed by atoms with Crippen LogP contribution in [0.3, 0.4) is 0 Å². The number of benzene rings is 1. The van der Waals surface area contributed by atoms with E-state index in [1.54, 1.807) is 18.2 Å². The van der Waals surface area contributed by atoms with E-state index in [9.17, 15) is 18.0 Å². The summed E-state index contributed by atoms with van der Waals surface area (Å²) in [6, 6.07) is 6.41. The molecular weight excluding hydrogens is 255 g/mol. The van der Waals surface area contributed by atoms with Crippen LogP contribution in [0.4, 0.5) is 13.2 Å². The summed E-state index contributed by atoms with van der Waals surface area (Å²) >= 11 is 5.72. The van der Waals surface area contributed by atoms with Crippen LogP contribution < -0.4 is 0 Å². The third-order valence-electron chi connectivity index (χ3n) is 2.17. The van der Waals surface area contributed by atoms with Crippen LogP contribution in [0.2, 0.25) is 5.02 Å². The highest BCUT2D eigenvalue weighted by Crippen LogP contribution is 2.20. The molecule has 0 atom stereocenters. The van der Waals surface area contributed by atoms with Crippen molar-refractivity contribution in [3.8, 4) is 0 Å². The van der Waals surface area contributed by atoms with Gasteiger partial charge >= 0.3 is 12.1 Å². The lowest BCUT2D eigenvalue weighted by Gasteiger charge is -2.22. The number of hydrogen-bond donors (Lipinski definition) is 0. The highest BCUT2D eigenvalue weighted by Gasteiger charge is 2.41. The van der Waals surface area contributed by atoms with Gasteiger partial charge in [0.15, 0.2) is 0 Å². The number of carbonyl (C=O) groups excluding carboxylic acids is 1. The van der Waals surface area contributed by atoms with Crippen molar-refractivity contribution in [3.63, 3.8) is 0 Å². The zero-order valence-electron chi connectivity index (χ0n) is 9.09. The Kier molecular flexibility index (Phi) is 4.40. The summed E-state index contributed by atoms with van der Waals surface area (Å²) in [5, 5.41) is 0.429. The van der Waals surface area contributed by atoms with Gasteiger partial charge in [-0.25, -0.2) is 0 Å². The second-order valence-corrected chi connectivity index (χ2v) is 3.88. The Balaban J connectivity index is 2.81. The normalized spacial score (nSPS) is 11.4. The molecule has 6 heteroatoms. The van der Waals surface area contributed by atoms with E-state index in [0.717, 1.165) is 4.90 Å². The Morgan fingerprint density at radius 2 is 2.06 bits per heavy atom. The molecule has 0 N–H and O–H groups in total. The lowest BCUT2D eigenvalue weighted by Crippen LogP contribution is -2.40. The zero-order valence-corrected chi connectivity index (χ0v) is 9.85. The SMILES string of the molecule is CCN(Cc1cccc(Cl)c1)C(=O)C(F)(F)F. The highest BCUT2D eigenvalue weighted by molar-refractivity contribution is 6.30. The van der Waals surface area contributed by atoms with Crippen LogP contribution in [0.15, 0.2) is 24.3 Å². The van der Waals surface area contributed by atoms with Gasteiger partial charge in [-0.1, -0.05) is 23.7 Å². The molecule has 0 saturated carbocycles. The number of halogens is 4. The smallest absolute Gasteiger partial charge is 0.331 e. The van der Waals surface area contributed by atoms with Crippen LogP contribution in [0.25, 0.3) is 0 Å². The largest absolute Gasteiger partial charge is 0.471 e. The van der Waals surface area contributed by atoms with E-state index in [1.165, 1.54) is 13.0 Å². The summed E-state index contributed by atoms with van der Waals surface area (Å²) in [5.74, 6) is -1.83. The van der Waals surface area contributed by atoms with Crippen molar-refractivity contribution in [1.82, 2.24) is 4.90 Å². The highest BCUT2D eigenvalue weighted by atomic mass is 35.5. The molecule has 0 heterocycles. The van der Waals surface area contributed by atoms with E-state index < -0.39 is 12.1 Å². The molecule has 0 spiro atoms. The number of hydrogen-bond acceptors (Lipinski definition) is 1. The first-order valence-electron chi connectivity index (χ1n) is 4.95. The van der Waals surface area contributed by atoms with Crippen molar-refractivity contribution >= 4 is 17.5 Å². The fraction of sp³-hybridized carbons (Fsp3) is 0.364. The van der Waals surface area contributed by atoms with Crippen molar-refractivity contribution in [1.29, 1.82) is 0 Å². The molecule has 0 aliphatic carbocycles. The van der Waals surface area contributed by atoms with Crippen LogP contribution in [0, 0.1) is 0 Å². The zero-order chi connectivity index (χ0) is 13.1. The second kappa shape index (κ2) is 5.40. The second-order valence-electron chi connectivity index (χ2n) is 3.45. The van der Waals surface area contributed by atoms with Gasteiger partial charge in [0.2, 0.25) is 0 Å². The van der Waals surface area contributed by atoms with Gasteiger partial charge < -0.3 is 4.90 Å². The van der Waals surface area contributed by atoms with Gasteiger partial charge in [-0.3, -0.25) is 4.79 Å². The van der Waals surface area contributed by atoms with Gasteiger partial charge in [0.1, 0.15) is 0 Å². The first-order chi connectivity index (χ1) is 7.84. The quantitative estimate of drug-likeness (QED) is 0.821. The van der Waals surface area contributed by atoms with Gasteiger partial charge in [-0.15, -0.1) is 0 Å². The molecule has 17 heavy (non-hydrogen) atoms. The summed E-state index contributed by atoms with van der Waals surface area (Å²) in [7, 11) is 0. The Morgan fingerprint density at radius 3 is 2.53 bits per heavy atom. The Bertz CT molecular complexity index is 406. The lowest BCUT2D eigenvalue weighted by molar-refractivity contribution is -0.185. The van der Waals surface area contributed by atoms with Crippen molar-refractivity contribution in [2.45, 2.75) is 19.6 Å². The van der Waals surface area contributed by atoms with Gasteiger partial charge in [0.05, 0.1) is 0 Å². The van der Waals surface area contributed by atoms with Crippen molar-refractivity contribution in [3.05, 3.63) is 34.9 Å². The molecule has 0 radical (unpaired) electrons. The molecule has 0 aromatic heterocycles. The van der Waals surface area contributed by atoms with Gasteiger partial charge in [0, 0.05) is 18.1 Å². The van der Waals surface area contributed by atoms with E-state index >= 15 is 0 Å². The molecule has 0 fully saturated rings. The van der Waals surface area contributed by atoms with E-state index in [-0.39, 0.29) is 13.1 Å². The Hall–Kier alpha value is -1.23. The fourth-order valence-corrected chi connectivity index (χ4v) is 1.58. The van der Waals surface area contributed by atoms with Crippen molar-refractivity contribution in [2.75, 3.05) is 6.54 Å². The topological polar surface area (TPSA) is 20.3 Å². The monoisotopic (exact) mass is 265 g/mol. The number of nitrogens with zero attached hydrogens (tertiary/aromatic N) is 1. The number of carbonyl (C=O) groups is 1. The predicted molar refractivity (Wildman–Crippen MR) is 58.6 cm³/mol. The van der Waals surface area contributed by atoms with Crippen LogP contribution >= 0.6 is 11.6 Å². The summed E-state index contributed by atoms with van der Waals surface area (Å²) in [5.41, 5.74) is 0.567. The minimum atomic E-state index is -4.84. The van der Waals surface area contributed by atoms with Crippen LogP contribution in [-0.2, 0) is 11.3 Å². The number of rotatable bonds is 3.